The molecule has 3 N–H and O–H groups in total. The van der Waals surface area contributed by atoms with Crippen molar-refractivity contribution in [2.75, 3.05) is 0 Å². The zero-order valence-electron chi connectivity index (χ0n) is 6.93. The van der Waals surface area contributed by atoms with Crippen molar-refractivity contribution in [3.63, 3.8) is 0 Å². The number of primary amides is 1. The zero-order chi connectivity index (χ0) is 9.47. The minimum Gasteiger partial charge on any atom is -0.573 e. The minimum atomic E-state index is -2.61. The summed E-state index contributed by atoms with van der Waals surface area (Å²) >= 11 is 0. The number of rotatable bonds is 1. The average Bonchev–Trinajstić information content (AvgIpc) is 2.47. The maximum Gasteiger partial charge on any atom is 0.355 e. The third kappa shape index (κ3) is 1.05. The second-order valence-corrected chi connectivity index (χ2v) is 3.16. The van der Waals surface area contributed by atoms with Gasteiger partial charge in [-0.3, -0.25) is 0 Å². The molecule has 1 aromatic rings. The quantitative estimate of drug-likeness (QED) is 0.570. The largest absolute Gasteiger partial charge is 0.573 e. The van der Waals surface area contributed by atoms with Crippen LogP contribution in [0.2, 0.25) is 0 Å². The molecule has 1 aliphatic rings. The highest BCUT2D eigenvalue weighted by Gasteiger charge is 2.37. The molecule has 0 saturated carbocycles. The summed E-state index contributed by atoms with van der Waals surface area (Å²) in [6, 6.07) is 7.03. The van der Waals surface area contributed by atoms with E-state index in [2.05, 4.69) is 0 Å². The molecule has 0 fully saturated rings. The standard InChI is InChI=1S/C8H9BNO3/c10-8(11)9(12)7-4-2-1-3-6(7)5-13-9/h1-4,12H,5H2,(H2,10,11)/q-1. The van der Waals surface area contributed by atoms with Gasteiger partial charge < -0.3 is 20.2 Å². The molecule has 0 aromatic heterocycles. The third-order valence-corrected chi connectivity index (χ3v) is 2.34. The van der Waals surface area contributed by atoms with E-state index >= 15 is 0 Å². The fraction of sp³-hybridized carbons (Fsp3) is 0.125. The van der Waals surface area contributed by atoms with Gasteiger partial charge in [0, 0.05) is 6.61 Å². The SMILES string of the molecule is NC(=O)[B-]1(O)OCc2ccccc21. The number of benzene rings is 1. The topological polar surface area (TPSA) is 72.6 Å². The van der Waals surface area contributed by atoms with E-state index in [-0.39, 0.29) is 6.61 Å². The second kappa shape index (κ2) is 2.58. The number of amides is 1. The molecule has 1 aromatic carbocycles. The Morgan fingerprint density at radius 3 is 2.92 bits per heavy atom. The first kappa shape index (κ1) is 8.28. The molecule has 0 radical (unpaired) electrons. The highest BCUT2D eigenvalue weighted by Crippen LogP contribution is 2.16. The first-order chi connectivity index (χ1) is 6.14. The lowest BCUT2D eigenvalue weighted by Gasteiger charge is -2.26. The number of fused-ring (bicyclic) bond motifs is 1. The Hall–Kier alpha value is -1.33. The van der Waals surface area contributed by atoms with Crippen LogP contribution in [-0.2, 0) is 11.3 Å². The lowest BCUT2D eigenvalue weighted by atomic mass is 9.52. The molecule has 0 spiro atoms. The second-order valence-electron chi connectivity index (χ2n) is 3.16. The predicted molar refractivity (Wildman–Crippen MR) is 48.4 cm³/mol. The van der Waals surface area contributed by atoms with E-state index in [4.69, 9.17) is 10.4 Å². The maximum absolute atomic E-state index is 11.0. The Labute approximate surface area is 75.3 Å². The van der Waals surface area contributed by atoms with E-state index in [1.54, 1.807) is 18.2 Å². The van der Waals surface area contributed by atoms with E-state index in [1.807, 2.05) is 6.07 Å². The smallest absolute Gasteiger partial charge is 0.355 e. The van der Waals surface area contributed by atoms with Crippen LogP contribution in [0.4, 0.5) is 4.79 Å². The van der Waals surface area contributed by atoms with Crippen LogP contribution in [0, 0.1) is 0 Å². The molecule has 5 heteroatoms. The molecule has 1 heterocycles. The van der Waals surface area contributed by atoms with Crippen LogP contribution in [0.5, 0.6) is 0 Å². The van der Waals surface area contributed by atoms with Gasteiger partial charge in [-0.25, -0.2) is 0 Å². The summed E-state index contributed by atoms with van der Waals surface area (Å²) in [5.41, 5.74) is 6.39. The van der Waals surface area contributed by atoms with Gasteiger partial charge in [-0.2, -0.15) is 0 Å². The van der Waals surface area contributed by atoms with Crippen molar-refractivity contribution in [1.29, 1.82) is 0 Å². The fourth-order valence-corrected chi connectivity index (χ4v) is 1.58. The number of hydrogen-bond acceptors (Lipinski definition) is 3. The molecule has 0 saturated heterocycles. The van der Waals surface area contributed by atoms with E-state index in [9.17, 15) is 9.82 Å². The molecular weight excluding hydrogens is 169 g/mol. The number of carbonyl (C=O) groups is 1. The van der Waals surface area contributed by atoms with Crippen molar-refractivity contribution in [3.8, 4) is 0 Å². The maximum atomic E-state index is 11.0. The molecule has 1 unspecified atom stereocenters. The third-order valence-electron chi connectivity index (χ3n) is 2.34. The molecule has 0 bridgehead atoms. The number of hydrogen-bond donors (Lipinski definition) is 2. The molecule has 4 nitrogen and oxygen atoms in total. The first-order valence-electron chi connectivity index (χ1n) is 4.03. The van der Waals surface area contributed by atoms with Crippen LogP contribution in [0.15, 0.2) is 24.3 Å². The van der Waals surface area contributed by atoms with Crippen molar-refractivity contribution in [2.24, 2.45) is 5.73 Å². The van der Waals surface area contributed by atoms with E-state index in [1.165, 1.54) is 0 Å². The van der Waals surface area contributed by atoms with Crippen LogP contribution in [0.3, 0.4) is 0 Å². The van der Waals surface area contributed by atoms with Crippen LogP contribution in [-0.4, -0.2) is 17.4 Å². The van der Waals surface area contributed by atoms with Gasteiger partial charge in [-0.1, -0.05) is 29.8 Å². The van der Waals surface area contributed by atoms with Crippen molar-refractivity contribution in [1.82, 2.24) is 0 Å². The van der Waals surface area contributed by atoms with Gasteiger partial charge in [0.25, 0.3) is 0 Å². The molecular formula is C8H9BNO3-. The Morgan fingerprint density at radius 2 is 2.23 bits per heavy atom. The molecule has 68 valence electrons. The van der Waals surface area contributed by atoms with Gasteiger partial charge in [0.2, 0.25) is 0 Å². The lowest BCUT2D eigenvalue weighted by molar-refractivity contribution is 0.226. The van der Waals surface area contributed by atoms with Gasteiger partial charge in [0.1, 0.15) is 5.81 Å². The highest BCUT2D eigenvalue weighted by atomic mass is 16.5. The average molecular weight is 178 g/mol. The molecule has 1 amide bonds. The van der Waals surface area contributed by atoms with Gasteiger partial charge in [0.05, 0.1) is 0 Å². The molecule has 1 atom stereocenters. The van der Waals surface area contributed by atoms with Crippen molar-refractivity contribution >= 4 is 17.8 Å². The zero-order valence-corrected chi connectivity index (χ0v) is 6.93. The highest BCUT2D eigenvalue weighted by molar-refractivity contribution is 7.05. The summed E-state index contributed by atoms with van der Waals surface area (Å²) in [4.78, 5) is 11.0. The minimum absolute atomic E-state index is 0.246. The van der Waals surface area contributed by atoms with E-state index in [0.29, 0.717) is 5.46 Å². The molecule has 13 heavy (non-hydrogen) atoms. The van der Waals surface area contributed by atoms with E-state index in [0.717, 1.165) is 5.56 Å². The number of carbonyl (C=O) groups excluding carboxylic acids is 1. The monoisotopic (exact) mass is 178 g/mol. The predicted octanol–water partition coefficient (Wildman–Crippen LogP) is -0.481. The van der Waals surface area contributed by atoms with Crippen molar-refractivity contribution in [3.05, 3.63) is 29.8 Å². The Bertz CT molecular complexity index is 368. The van der Waals surface area contributed by atoms with Crippen LogP contribution in [0.25, 0.3) is 0 Å². The van der Waals surface area contributed by atoms with Crippen LogP contribution >= 0.6 is 0 Å². The number of nitrogens with two attached hydrogens (primary N) is 1. The summed E-state index contributed by atoms with van der Waals surface area (Å²) < 4.78 is 5.02. The summed E-state index contributed by atoms with van der Waals surface area (Å²) in [6.07, 6.45) is 0. The summed E-state index contributed by atoms with van der Waals surface area (Å²) in [6.45, 7) is -2.37. The fourth-order valence-electron chi connectivity index (χ4n) is 1.58. The first-order valence-corrected chi connectivity index (χ1v) is 4.03. The van der Waals surface area contributed by atoms with Gasteiger partial charge in [-0.05, 0) is 0 Å². The molecule has 2 rings (SSSR count). The van der Waals surface area contributed by atoms with Crippen molar-refractivity contribution in [2.45, 2.75) is 6.61 Å². The Balaban J connectivity index is 2.55. The summed E-state index contributed by atoms with van der Waals surface area (Å²) in [5, 5.41) is 9.79. The van der Waals surface area contributed by atoms with Crippen molar-refractivity contribution < 1.29 is 14.5 Å². The van der Waals surface area contributed by atoms with E-state index < -0.39 is 12.4 Å². The van der Waals surface area contributed by atoms with Gasteiger partial charge >= 0.3 is 6.55 Å². The molecule has 1 aliphatic heterocycles. The summed E-state index contributed by atoms with van der Waals surface area (Å²) in [7, 11) is 0. The van der Waals surface area contributed by atoms with Crippen LogP contribution < -0.4 is 11.2 Å². The van der Waals surface area contributed by atoms with Crippen LogP contribution in [0.1, 0.15) is 5.56 Å². The van der Waals surface area contributed by atoms with Gasteiger partial charge in [0.15, 0.2) is 0 Å². The normalized spacial score (nSPS) is 25.6. The lowest BCUT2D eigenvalue weighted by Crippen LogP contribution is -2.58. The van der Waals surface area contributed by atoms with Gasteiger partial charge in [-0.15, -0.1) is 5.46 Å². The molecule has 0 aliphatic carbocycles. The summed E-state index contributed by atoms with van der Waals surface area (Å²) in [5.74, 6) is -0.815. The Kier molecular flexibility index (Phi) is 1.64. The Morgan fingerprint density at radius 1 is 1.54 bits per heavy atom.